The molecular formula is C15H27NO. The summed E-state index contributed by atoms with van der Waals surface area (Å²) in [5.74, 6) is 1.74. The summed E-state index contributed by atoms with van der Waals surface area (Å²) < 4.78 is 5.85. The largest absolute Gasteiger partial charge is 0.377 e. The maximum absolute atomic E-state index is 5.85. The van der Waals surface area contributed by atoms with E-state index >= 15 is 0 Å². The number of nitrogens with one attached hydrogen (secondary N) is 1. The SMILES string of the molecule is CC1(C)C(NCC2CCCCC2)C2CCOC21. The Labute approximate surface area is 105 Å². The monoisotopic (exact) mass is 237 g/mol. The van der Waals surface area contributed by atoms with Crippen LogP contribution in [0.4, 0.5) is 0 Å². The molecule has 3 aliphatic rings. The Hall–Kier alpha value is -0.0800. The second-order valence-corrected chi connectivity index (χ2v) is 6.96. The number of fused-ring (bicyclic) bond motifs is 1. The van der Waals surface area contributed by atoms with Gasteiger partial charge in [-0.3, -0.25) is 0 Å². The quantitative estimate of drug-likeness (QED) is 0.815. The van der Waals surface area contributed by atoms with Crippen LogP contribution in [0, 0.1) is 17.3 Å². The fourth-order valence-corrected chi connectivity index (χ4v) is 4.42. The predicted molar refractivity (Wildman–Crippen MR) is 70.0 cm³/mol. The molecule has 0 bridgehead atoms. The van der Waals surface area contributed by atoms with E-state index in [1.165, 1.54) is 45.1 Å². The standard InChI is InChI=1S/C15H27NO/c1-15(2)13(12-8-9-17-14(12)15)16-10-11-6-4-3-5-7-11/h11-14,16H,3-10H2,1-2H3. The molecule has 2 nitrogen and oxygen atoms in total. The zero-order valence-electron chi connectivity index (χ0n) is 11.4. The third-order valence-corrected chi connectivity index (χ3v) is 5.45. The number of rotatable bonds is 3. The molecule has 0 aromatic carbocycles. The third kappa shape index (κ3) is 2.04. The van der Waals surface area contributed by atoms with Crippen LogP contribution < -0.4 is 5.32 Å². The Bertz CT molecular complexity index is 270. The van der Waals surface area contributed by atoms with Crippen LogP contribution in [-0.4, -0.2) is 25.3 Å². The van der Waals surface area contributed by atoms with Gasteiger partial charge in [-0.05, 0) is 31.7 Å². The van der Waals surface area contributed by atoms with Gasteiger partial charge in [0.1, 0.15) is 0 Å². The molecule has 3 unspecified atom stereocenters. The maximum atomic E-state index is 5.85. The zero-order chi connectivity index (χ0) is 11.9. The average Bonchev–Trinajstić information content (AvgIpc) is 2.77. The molecule has 2 heteroatoms. The minimum absolute atomic E-state index is 0.357. The molecule has 0 radical (unpaired) electrons. The Kier molecular flexibility index (Phi) is 3.20. The van der Waals surface area contributed by atoms with Crippen LogP contribution in [-0.2, 0) is 4.74 Å². The fraction of sp³-hybridized carbons (Fsp3) is 1.00. The Morgan fingerprint density at radius 2 is 1.88 bits per heavy atom. The van der Waals surface area contributed by atoms with Crippen molar-refractivity contribution in [1.82, 2.24) is 5.32 Å². The van der Waals surface area contributed by atoms with Gasteiger partial charge in [-0.25, -0.2) is 0 Å². The second-order valence-electron chi connectivity index (χ2n) is 6.96. The molecule has 3 fully saturated rings. The highest BCUT2D eigenvalue weighted by molar-refractivity contribution is 5.11. The molecule has 3 rings (SSSR count). The van der Waals surface area contributed by atoms with E-state index in [0.717, 1.165) is 18.4 Å². The maximum Gasteiger partial charge on any atom is 0.0685 e. The lowest BCUT2D eigenvalue weighted by Gasteiger charge is -2.55. The summed E-state index contributed by atoms with van der Waals surface area (Å²) >= 11 is 0. The van der Waals surface area contributed by atoms with Crippen molar-refractivity contribution in [3.63, 3.8) is 0 Å². The molecule has 1 aliphatic heterocycles. The molecule has 0 aromatic rings. The van der Waals surface area contributed by atoms with Gasteiger partial charge < -0.3 is 10.1 Å². The number of hydrogen-bond acceptors (Lipinski definition) is 2. The molecule has 0 aromatic heterocycles. The highest BCUT2D eigenvalue weighted by Crippen LogP contribution is 2.52. The molecule has 3 atom stereocenters. The van der Waals surface area contributed by atoms with Gasteiger partial charge in [0, 0.05) is 24.0 Å². The van der Waals surface area contributed by atoms with Crippen molar-refractivity contribution >= 4 is 0 Å². The van der Waals surface area contributed by atoms with E-state index in [1.807, 2.05) is 0 Å². The highest BCUT2D eigenvalue weighted by Gasteiger charge is 2.58. The van der Waals surface area contributed by atoms with Crippen molar-refractivity contribution in [1.29, 1.82) is 0 Å². The van der Waals surface area contributed by atoms with Gasteiger partial charge in [-0.1, -0.05) is 33.1 Å². The molecule has 2 aliphatic carbocycles. The van der Waals surface area contributed by atoms with Crippen molar-refractivity contribution in [3.8, 4) is 0 Å². The molecule has 1 N–H and O–H groups in total. The van der Waals surface area contributed by atoms with Gasteiger partial charge in [0.2, 0.25) is 0 Å². The van der Waals surface area contributed by atoms with E-state index in [-0.39, 0.29) is 0 Å². The lowest BCUT2D eigenvalue weighted by atomic mass is 9.57. The van der Waals surface area contributed by atoms with Crippen molar-refractivity contribution in [2.45, 2.75) is 64.5 Å². The molecule has 17 heavy (non-hydrogen) atoms. The first-order chi connectivity index (χ1) is 8.19. The molecule has 1 saturated heterocycles. The first-order valence-corrected chi connectivity index (χ1v) is 7.54. The zero-order valence-corrected chi connectivity index (χ0v) is 11.4. The normalized spacial score (nSPS) is 40.9. The molecule has 0 spiro atoms. The van der Waals surface area contributed by atoms with Crippen LogP contribution in [0.3, 0.4) is 0 Å². The topological polar surface area (TPSA) is 21.3 Å². The van der Waals surface area contributed by atoms with E-state index in [4.69, 9.17) is 4.74 Å². The van der Waals surface area contributed by atoms with E-state index in [1.54, 1.807) is 0 Å². The van der Waals surface area contributed by atoms with E-state index in [2.05, 4.69) is 19.2 Å². The van der Waals surface area contributed by atoms with Gasteiger partial charge >= 0.3 is 0 Å². The van der Waals surface area contributed by atoms with Crippen LogP contribution in [0.2, 0.25) is 0 Å². The minimum atomic E-state index is 0.357. The minimum Gasteiger partial charge on any atom is -0.377 e. The highest BCUT2D eigenvalue weighted by atomic mass is 16.5. The molecule has 1 heterocycles. The van der Waals surface area contributed by atoms with Crippen LogP contribution in [0.1, 0.15) is 52.4 Å². The second kappa shape index (κ2) is 4.55. The Morgan fingerprint density at radius 1 is 1.12 bits per heavy atom. The van der Waals surface area contributed by atoms with E-state index < -0.39 is 0 Å². The van der Waals surface area contributed by atoms with Crippen molar-refractivity contribution in [2.75, 3.05) is 13.2 Å². The summed E-state index contributed by atoms with van der Waals surface area (Å²) in [6.07, 6.45) is 9.08. The molecule has 98 valence electrons. The molecular weight excluding hydrogens is 210 g/mol. The third-order valence-electron chi connectivity index (χ3n) is 5.45. The van der Waals surface area contributed by atoms with Crippen LogP contribution >= 0.6 is 0 Å². The average molecular weight is 237 g/mol. The Balaban J connectivity index is 1.51. The lowest BCUT2D eigenvalue weighted by molar-refractivity contribution is -0.113. The van der Waals surface area contributed by atoms with Gasteiger partial charge in [0.25, 0.3) is 0 Å². The summed E-state index contributed by atoms with van der Waals surface area (Å²) in [5.41, 5.74) is 0.357. The fourth-order valence-electron chi connectivity index (χ4n) is 4.42. The van der Waals surface area contributed by atoms with Crippen molar-refractivity contribution in [3.05, 3.63) is 0 Å². The van der Waals surface area contributed by atoms with E-state index in [0.29, 0.717) is 17.6 Å². The Morgan fingerprint density at radius 3 is 2.65 bits per heavy atom. The summed E-state index contributed by atoms with van der Waals surface area (Å²) in [7, 11) is 0. The summed E-state index contributed by atoms with van der Waals surface area (Å²) in [5, 5.41) is 3.87. The first-order valence-electron chi connectivity index (χ1n) is 7.54. The molecule has 0 amide bonds. The van der Waals surface area contributed by atoms with Gasteiger partial charge in [-0.2, -0.15) is 0 Å². The smallest absolute Gasteiger partial charge is 0.0685 e. The van der Waals surface area contributed by atoms with Crippen LogP contribution in [0.15, 0.2) is 0 Å². The van der Waals surface area contributed by atoms with Gasteiger partial charge in [-0.15, -0.1) is 0 Å². The number of ether oxygens (including phenoxy) is 1. The first kappa shape index (κ1) is 12.0. The summed E-state index contributed by atoms with van der Waals surface area (Å²) in [4.78, 5) is 0. The summed E-state index contributed by atoms with van der Waals surface area (Å²) in [6.45, 7) is 6.98. The van der Waals surface area contributed by atoms with Crippen molar-refractivity contribution in [2.24, 2.45) is 17.3 Å². The van der Waals surface area contributed by atoms with Gasteiger partial charge in [0.05, 0.1) is 6.10 Å². The van der Waals surface area contributed by atoms with E-state index in [9.17, 15) is 0 Å². The predicted octanol–water partition coefficient (Wildman–Crippen LogP) is 2.97. The summed E-state index contributed by atoms with van der Waals surface area (Å²) in [6, 6.07) is 0.705. The molecule has 2 saturated carbocycles. The van der Waals surface area contributed by atoms with Crippen LogP contribution in [0.5, 0.6) is 0 Å². The van der Waals surface area contributed by atoms with Crippen molar-refractivity contribution < 1.29 is 4.74 Å². The van der Waals surface area contributed by atoms with Gasteiger partial charge in [0.15, 0.2) is 0 Å². The van der Waals surface area contributed by atoms with Crippen LogP contribution in [0.25, 0.3) is 0 Å². The lowest BCUT2D eigenvalue weighted by Crippen LogP contribution is -2.66. The number of hydrogen-bond donors (Lipinski definition) is 1.